The molecule has 1 aliphatic heterocycles. The van der Waals surface area contributed by atoms with Crippen LogP contribution in [-0.2, 0) is 9.59 Å². The number of nitrogens with zero attached hydrogens (tertiary/aromatic N) is 2. The maximum absolute atomic E-state index is 13.3. The highest BCUT2D eigenvalue weighted by Crippen LogP contribution is 2.36. The predicted molar refractivity (Wildman–Crippen MR) is 116 cm³/mol. The zero-order valence-corrected chi connectivity index (χ0v) is 16.7. The molecule has 0 bridgehead atoms. The summed E-state index contributed by atoms with van der Waals surface area (Å²) in [5.41, 5.74) is 3.47. The van der Waals surface area contributed by atoms with Crippen LogP contribution >= 0.6 is 0 Å². The second-order valence-corrected chi connectivity index (χ2v) is 8.06. The van der Waals surface area contributed by atoms with Gasteiger partial charge in [0.15, 0.2) is 0 Å². The third-order valence-electron chi connectivity index (χ3n) is 6.07. The Morgan fingerprint density at radius 2 is 1.77 bits per heavy atom. The molecule has 2 heterocycles. The minimum absolute atomic E-state index is 0.137. The van der Waals surface area contributed by atoms with Crippen LogP contribution < -0.4 is 10.6 Å². The molecule has 6 nitrogen and oxygen atoms in total. The fourth-order valence-electron chi connectivity index (χ4n) is 4.53. The van der Waals surface area contributed by atoms with Gasteiger partial charge in [0.1, 0.15) is 5.82 Å². The van der Waals surface area contributed by atoms with E-state index in [2.05, 4.69) is 10.6 Å². The lowest BCUT2D eigenvalue weighted by atomic mass is 9.90. The minimum Gasteiger partial charge on any atom is -0.326 e. The Balaban J connectivity index is 1.48. The van der Waals surface area contributed by atoms with Gasteiger partial charge in [0.05, 0.1) is 17.3 Å². The Bertz CT molecular complexity index is 1080. The van der Waals surface area contributed by atoms with Gasteiger partial charge >= 0.3 is 0 Å². The van der Waals surface area contributed by atoms with Gasteiger partial charge < -0.3 is 10.6 Å². The smallest absolute Gasteiger partial charge is 0.233 e. The Kier molecular flexibility index (Phi) is 4.83. The standard InChI is InChI=1S/C24H24N4O2/c29-23-14-19(18-12-6-7-13-20(18)25-23)24(30)26-22-15-21(16-8-4-5-9-16)27-28(22)17-10-2-1-3-11-17/h1-3,6-7,10-13,15-16,19H,4-5,8-9,14H2,(H,25,29)(H,26,30). The highest BCUT2D eigenvalue weighted by atomic mass is 16.2. The fourth-order valence-corrected chi connectivity index (χ4v) is 4.53. The summed E-state index contributed by atoms with van der Waals surface area (Å²) in [5.74, 6) is 0.233. The first-order valence-electron chi connectivity index (χ1n) is 10.5. The van der Waals surface area contributed by atoms with Gasteiger partial charge in [0.25, 0.3) is 0 Å². The average molecular weight is 400 g/mol. The quantitative estimate of drug-likeness (QED) is 0.672. The monoisotopic (exact) mass is 400 g/mol. The number of hydrogen-bond donors (Lipinski definition) is 2. The van der Waals surface area contributed by atoms with Gasteiger partial charge in [-0.1, -0.05) is 49.2 Å². The molecule has 1 atom stereocenters. The molecule has 6 heteroatoms. The molecular formula is C24H24N4O2. The van der Waals surface area contributed by atoms with Crippen molar-refractivity contribution in [3.8, 4) is 5.69 Å². The Hall–Kier alpha value is -3.41. The molecule has 152 valence electrons. The predicted octanol–water partition coefficient (Wildman–Crippen LogP) is 4.59. The van der Waals surface area contributed by atoms with Crippen molar-refractivity contribution in [1.82, 2.24) is 9.78 Å². The lowest BCUT2D eigenvalue weighted by Gasteiger charge is -2.24. The Morgan fingerprint density at radius 1 is 1.03 bits per heavy atom. The number of amides is 2. The molecule has 1 aromatic heterocycles. The number of aromatic nitrogens is 2. The molecule has 3 aromatic rings. The van der Waals surface area contributed by atoms with Crippen LogP contribution in [0.1, 0.15) is 55.2 Å². The largest absolute Gasteiger partial charge is 0.326 e. The van der Waals surface area contributed by atoms with Crippen molar-refractivity contribution in [2.45, 2.75) is 43.9 Å². The summed E-state index contributed by atoms with van der Waals surface area (Å²) in [4.78, 5) is 25.4. The average Bonchev–Trinajstić information content (AvgIpc) is 3.44. The summed E-state index contributed by atoms with van der Waals surface area (Å²) in [5, 5.41) is 10.8. The Labute approximate surface area is 175 Å². The van der Waals surface area contributed by atoms with Gasteiger partial charge in [0.2, 0.25) is 11.8 Å². The second-order valence-electron chi connectivity index (χ2n) is 8.06. The van der Waals surface area contributed by atoms with E-state index in [0.29, 0.717) is 17.4 Å². The molecule has 1 saturated carbocycles. The molecule has 0 spiro atoms. The lowest BCUT2D eigenvalue weighted by Crippen LogP contribution is -2.31. The highest BCUT2D eigenvalue weighted by molar-refractivity contribution is 6.04. The third kappa shape index (κ3) is 3.49. The molecule has 2 aromatic carbocycles. The van der Waals surface area contributed by atoms with Crippen molar-refractivity contribution in [3.05, 3.63) is 71.9 Å². The summed E-state index contributed by atoms with van der Waals surface area (Å²) in [6.07, 6.45) is 4.85. The second kappa shape index (κ2) is 7.78. The number of carbonyl (C=O) groups is 2. The number of rotatable bonds is 4. The molecule has 2 amide bonds. The summed E-state index contributed by atoms with van der Waals surface area (Å²) >= 11 is 0. The Morgan fingerprint density at radius 3 is 2.57 bits per heavy atom. The van der Waals surface area contributed by atoms with Gasteiger partial charge in [-0.2, -0.15) is 5.10 Å². The van der Waals surface area contributed by atoms with Crippen LogP contribution in [0.15, 0.2) is 60.7 Å². The fraction of sp³-hybridized carbons (Fsp3) is 0.292. The molecule has 0 radical (unpaired) electrons. The number of anilines is 2. The van der Waals surface area contributed by atoms with E-state index in [4.69, 9.17) is 5.10 Å². The van der Waals surface area contributed by atoms with E-state index in [9.17, 15) is 9.59 Å². The van der Waals surface area contributed by atoms with Crippen molar-refractivity contribution in [1.29, 1.82) is 0 Å². The lowest BCUT2D eigenvalue weighted by molar-refractivity contribution is -0.123. The van der Waals surface area contributed by atoms with E-state index < -0.39 is 5.92 Å². The molecular weight excluding hydrogens is 376 g/mol. The van der Waals surface area contributed by atoms with Crippen molar-refractivity contribution >= 4 is 23.3 Å². The van der Waals surface area contributed by atoms with Gasteiger partial charge in [0, 0.05) is 24.1 Å². The zero-order valence-electron chi connectivity index (χ0n) is 16.7. The van der Waals surface area contributed by atoms with Crippen LogP contribution in [-0.4, -0.2) is 21.6 Å². The van der Waals surface area contributed by atoms with E-state index in [1.165, 1.54) is 12.8 Å². The normalized spacial score (nSPS) is 18.7. The maximum Gasteiger partial charge on any atom is 0.233 e. The molecule has 1 aliphatic carbocycles. The van der Waals surface area contributed by atoms with Crippen molar-refractivity contribution in [2.75, 3.05) is 10.6 Å². The SMILES string of the molecule is O=C1CC(C(=O)Nc2cc(C3CCCC3)nn2-c2ccccc2)c2ccccc2N1. The van der Waals surface area contributed by atoms with E-state index in [0.717, 1.165) is 29.8 Å². The summed E-state index contributed by atoms with van der Waals surface area (Å²) in [6.45, 7) is 0. The van der Waals surface area contributed by atoms with Gasteiger partial charge in [-0.3, -0.25) is 9.59 Å². The summed E-state index contributed by atoms with van der Waals surface area (Å²) in [6, 6.07) is 19.3. The maximum atomic E-state index is 13.3. The summed E-state index contributed by atoms with van der Waals surface area (Å²) < 4.78 is 1.81. The topological polar surface area (TPSA) is 76.0 Å². The molecule has 2 aliphatic rings. The third-order valence-corrected chi connectivity index (χ3v) is 6.07. The minimum atomic E-state index is -0.524. The molecule has 0 saturated heterocycles. The van der Waals surface area contributed by atoms with Crippen LogP contribution in [0.4, 0.5) is 11.5 Å². The van der Waals surface area contributed by atoms with E-state index in [1.807, 2.05) is 60.7 Å². The van der Waals surface area contributed by atoms with E-state index in [-0.39, 0.29) is 18.2 Å². The first-order valence-corrected chi connectivity index (χ1v) is 10.5. The molecule has 1 fully saturated rings. The van der Waals surface area contributed by atoms with Crippen LogP contribution in [0.3, 0.4) is 0 Å². The van der Waals surface area contributed by atoms with Crippen LogP contribution in [0.25, 0.3) is 5.69 Å². The van der Waals surface area contributed by atoms with E-state index in [1.54, 1.807) is 4.68 Å². The van der Waals surface area contributed by atoms with E-state index >= 15 is 0 Å². The van der Waals surface area contributed by atoms with Crippen LogP contribution in [0.2, 0.25) is 0 Å². The van der Waals surface area contributed by atoms with Crippen molar-refractivity contribution in [3.63, 3.8) is 0 Å². The molecule has 1 unspecified atom stereocenters. The highest BCUT2D eigenvalue weighted by Gasteiger charge is 2.31. The van der Waals surface area contributed by atoms with Gasteiger partial charge in [-0.15, -0.1) is 0 Å². The molecule has 2 N–H and O–H groups in total. The number of benzene rings is 2. The summed E-state index contributed by atoms with van der Waals surface area (Å²) in [7, 11) is 0. The van der Waals surface area contributed by atoms with Gasteiger partial charge in [-0.05, 0) is 36.6 Å². The van der Waals surface area contributed by atoms with Crippen molar-refractivity contribution in [2.24, 2.45) is 0 Å². The first kappa shape index (κ1) is 18.6. The van der Waals surface area contributed by atoms with Crippen molar-refractivity contribution < 1.29 is 9.59 Å². The number of carbonyl (C=O) groups excluding carboxylic acids is 2. The zero-order chi connectivity index (χ0) is 20.5. The van der Waals surface area contributed by atoms with Crippen LogP contribution in [0, 0.1) is 0 Å². The van der Waals surface area contributed by atoms with Crippen LogP contribution in [0.5, 0.6) is 0 Å². The number of nitrogens with one attached hydrogen (secondary N) is 2. The molecule has 5 rings (SSSR count). The first-order chi connectivity index (χ1) is 14.7. The van der Waals surface area contributed by atoms with Gasteiger partial charge in [-0.25, -0.2) is 4.68 Å². The number of para-hydroxylation sites is 2. The number of fused-ring (bicyclic) bond motifs is 1. The molecule has 30 heavy (non-hydrogen) atoms. The number of hydrogen-bond acceptors (Lipinski definition) is 3.